The van der Waals surface area contributed by atoms with Crippen LogP contribution in [0.2, 0.25) is 5.02 Å². The van der Waals surface area contributed by atoms with Crippen molar-refractivity contribution in [3.05, 3.63) is 51.0 Å². The lowest BCUT2D eigenvalue weighted by atomic mass is 10.2. The Balaban J connectivity index is 1.57. The zero-order valence-electron chi connectivity index (χ0n) is 15.9. The molecule has 0 aliphatic carbocycles. The summed E-state index contributed by atoms with van der Waals surface area (Å²) in [6.07, 6.45) is -4.80. The molecule has 1 fully saturated rings. The van der Waals surface area contributed by atoms with Gasteiger partial charge in [-0.2, -0.15) is 17.5 Å². The molecule has 4 rings (SSSR count). The first-order valence-corrected chi connectivity index (χ1v) is 10.8. The third kappa shape index (κ3) is 3.84. The highest BCUT2D eigenvalue weighted by atomic mass is 35.5. The van der Waals surface area contributed by atoms with Crippen molar-refractivity contribution in [3.63, 3.8) is 0 Å². The number of anilines is 1. The van der Waals surface area contributed by atoms with Crippen LogP contribution in [0.25, 0.3) is 11.0 Å². The Morgan fingerprint density at radius 1 is 1.06 bits per heavy atom. The number of rotatable bonds is 4. The number of nitro benzene ring substituents is 1. The van der Waals surface area contributed by atoms with E-state index in [1.165, 1.54) is 12.1 Å². The first-order valence-electron chi connectivity index (χ1n) is 9.01. The van der Waals surface area contributed by atoms with Gasteiger partial charge >= 0.3 is 11.9 Å². The first-order chi connectivity index (χ1) is 15.0. The molecule has 1 saturated heterocycles. The number of aromatic nitrogens is 2. The van der Waals surface area contributed by atoms with E-state index in [2.05, 4.69) is 14.9 Å². The monoisotopic (exact) mass is 491 g/mol. The highest BCUT2D eigenvalue weighted by molar-refractivity contribution is 7.89. The molecule has 0 atom stereocenters. The van der Waals surface area contributed by atoms with Crippen LogP contribution in [0.15, 0.2) is 39.9 Å². The van der Waals surface area contributed by atoms with E-state index in [-0.39, 0.29) is 42.9 Å². The van der Waals surface area contributed by atoms with Crippen LogP contribution in [0, 0.1) is 10.1 Å². The van der Waals surface area contributed by atoms with Crippen molar-refractivity contribution < 1.29 is 31.1 Å². The smallest absolute Gasteiger partial charge is 0.367 e. The second-order valence-corrected chi connectivity index (χ2v) is 9.20. The van der Waals surface area contributed by atoms with Crippen molar-refractivity contribution in [1.29, 1.82) is 0 Å². The molecule has 0 amide bonds. The van der Waals surface area contributed by atoms with E-state index in [9.17, 15) is 31.7 Å². The summed E-state index contributed by atoms with van der Waals surface area (Å²) in [7, 11) is -4.20. The van der Waals surface area contributed by atoms with Crippen molar-refractivity contribution in [3.8, 4) is 0 Å². The standard InChI is InChI=1S/C17H13ClF3N5O5S/c18-12-2-1-10(9-11(12)17(19,20)21)32(29,30)25-7-5-24(6-8-25)13-3-4-14(26(27)28)16-15(13)22-31-23-16/h1-4,9H,5-8H2. The summed E-state index contributed by atoms with van der Waals surface area (Å²) < 4.78 is 70.8. The number of piperazine rings is 1. The second-order valence-electron chi connectivity index (χ2n) is 6.85. The quantitative estimate of drug-likeness (QED) is 0.402. The van der Waals surface area contributed by atoms with E-state index < -0.39 is 36.6 Å². The van der Waals surface area contributed by atoms with E-state index in [4.69, 9.17) is 11.6 Å². The molecule has 3 aromatic rings. The van der Waals surface area contributed by atoms with Gasteiger partial charge in [-0.05, 0) is 34.6 Å². The number of alkyl halides is 3. The molecule has 0 radical (unpaired) electrons. The average Bonchev–Trinajstić information content (AvgIpc) is 3.22. The molecule has 2 heterocycles. The van der Waals surface area contributed by atoms with E-state index in [1.54, 1.807) is 4.90 Å². The van der Waals surface area contributed by atoms with E-state index in [0.717, 1.165) is 16.4 Å². The summed E-state index contributed by atoms with van der Waals surface area (Å²) in [6, 6.07) is 5.16. The second kappa shape index (κ2) is 7.86. The Morgan fingerprint density at radius 3 is 2.34 bits per heavy atom. The van der Waals surface area contributed by atoms with E-state index in [1.807, 2.05) is 0 Å². The molecule has 0 bridgehead atoms. The Kier molecular flexibility index (Phi) is 5.46. The van der Waals surface area contributed by atoms with E-state index >= 15 is 0 Å². The Morgan fingerprint density at radius 2 is 1.72 bits per heavy atom. The third-order valence-electron chi connectivity index (χ3n) is 5.03. The number of hydrogen-bond acceptors (Lipinski definition) is 8. The molecule has 1 aliphatic heterocycles. The third-order valence-corrected chi connectivity index (χ3v) is 7.25. The van der Waals surface area contributed by atoms with Crippen molar-refractivity contribution in [2.24, 2.45) is 0 Å². The molecule has 1 aliphatic rings. The van der Waals surface area contributed by atoms with Gasteiger partial charge < -0.3 is 4.90 Å². The minimum absolute atomic E-state index is 0.0317. The van der Waals surface area contributed by atoms with Gasteiger partial charge in [0, 0.05) is 32.2 Å². The summed E-state index contributed by atoms with van der Waals surface area (Å²) in [5, 5.41) is 17.8. The van der Waals surface area contributed by atoms with Crippen LogP contribution in [0.4, 0.5) is 24.5 Å². The SMILES string of the molecule is O=[N+]([O-])c1ccc(N2CCN(S(=O)(=O)c3ccc(Cl)c(C(F)(F)F)c3)CC2)c2nonc12. The van der Waals surface area contributed by atoms with E-state index in [0.29, 0.717) is 11.8 Å². The summed E-state index contributed by atoms with van der Waals surface area (Å²) in [5.41, 5.74) is -0.929. The van der Waals surface area contributed by atoms with Gasteiger partial charge in [-0.15, -0.1) is 0 Å². The lowest BCUT2D eigenvalue weighted by Gasteiger charge is -2.35. The van der Waals surface area contributed by atoms with Gasteiger partial charge in [-0.1, -0.05) is 11.6 Å². The number of halogens is 4. The largest absolute Gasteiger partial charge is 0.417 e. The summed E-state index contributed by atoms with van der Waals surface area (Å²) in [4.78, 5) is 11.7. The number of benzene rings is 2. The van der Waals surface area contributed by atoms with Gasteiger partial charge in [0.25, 0.3) is 0 Å². The zero-order valence-corrected chi connectivity index (χ0v) is 17.5. The van der Waals surface area contributed by atoms with Crippen molar-refractivity contribution in [2.45, 2.75) is 11.1 Å². The highest BCUT2D eigenvalue weighted by Gasteiger charge is 2.36. The van der Waals surface area contributed by atoms with Gasteiger partial charge in [0.1, 0.15) is 0 Å². The first kappa shape index (κ1) is 22.2. The van der Waals surface area contributed by atoms with Gasteiger partial charge in [0.2, 0.25) is 15.5 Å². The molecule has 2 aromatic carbocycles. The zero-order chi connectivity index (χ0) is 23.3. The van der Waals surface area contributed by atoms with Crippen molar-refractivity contribution in [1.82, 2.24) is 14.6 Å². The van der Waals surface area contributed by atoms with Gasteiger partial charge in [-0.3, -0.25) is 10.1 Å². The van der Waals surface area contributed by atoms with Crippen LogP contribution < -0.4 is 4.90 Å². The molecule has 32 heavy (non-hydrogen) atoms. The summed E-state index contributed by atoms with van der Waals surface area (Å²) in [5.74, 6) is 0. The molecule has 10 nitrogen and oxygen atoms in total. The average molecular weight is 492 g/mol. The van der Waals surface area contributed by atoms with Gasteiger partial charge in [0.05, 0.1) is 26.1 Å². The molecular weight excluding hydrogens is 479 g/mol. The molecule has 15 heteroatoms. The fraction of sp³-hybridized carbons (Fsp3) is 0.294. The number of sulfonamides is 1. The van der Waals surface area contributed by atoms with Crippen LogP contribution in [-0.2, 0) is 16.2 Å². The highest BCUT2D eigenvalue weighted by Crippen LogP contribution is 2.37. The number of hydrogen-bond donors (Lipinski definition) is 0. The number of nitro groups is 1. The van der Waals surface area contributed by atoms with Gasteiger partial charge in [0.15, 0.2) is 5.52 Å². The minimum Gasteiger partial charge on any atom is -0.367 e. The Labute approximate surface area is 183 Å². The fourth-order valence-electron chi connectivity index (χ4n) is 3.44. The number of nitrogens with zero attached hydrogens (tertiary/aromatic N) is 5. The molecule has 0 unspecified atom stereocenters. The summed E-state index contributed by atoms with van der Waals surface area (Å²) in [6.45, 7) is 0.267. The Hall–Kier alpha value is -2.97. The summed E-state index contributed by atoms with van der Waals surface area (Å²) >= 11 is 5.58. The fourth-order valence-corrected chi connectivity index (χ4v) is 5.12. The predicted octanol–water partition coefficient (Wildman–Crippen LogP) is 3.31. The number of fused-ring (bicyclic) bond motifs is 1. The Bertz CT molecular complexity index is 1310. The molecule has 1 aromatic heterocycles. The lowest BCUT2D eigenvalue weighted by Crippen LogP contribution is -2.48. The van der Waals surface area contributed by atoms with Crippen LogP contribution in [0.5, 0.6) is 0 Å². The van der Waals surface area contributed by atoms with Crippen LogP contribution in [0.1, 0.15) is 5.56 Å². The lowest BCUT2D eigenvalue weighted by molar-refractivity contribution is -0.383. The molecule has 170 valence electrons. The molecule has 0 N–H and O–H groups in total. The van der Waals surface area contributed by atoms with Crippen LogP contribution in [-0.4, -0.2) is 54.1 Å². The predicted molar refractivity (Wildman–Crippen MR) is 106 cm³/mol. The topological polar surface area (TPSA) is 123 Å². The maximum Gasteiger partial charge on any atom is 0.417 e. The normalized spacial score (nSPS) is 15.9. The molecular formula is C17H13ClF3N5O5S. The molecule has 0 spiro atoms. The van der Waals surface area contributed by atoms with Gasteiger partial charge in [-0.25, -0.2) is 13.0 Å². The number of non-ortho nitro benzene ring substituents is 1. The maximum absolute atomic E-state index is 13.1. The van der Waals surface area contributed by atoms with Crippen molar-refractivity contribution in [2.75, 3.05) is 31.1 Å². The minimum atomic E-state index is -4.80. The van der Waals surface area contributed by atoms with Crippen molar-refractivity contribution >= 4 is 44.0 Å². The van der Waals surface area contributed by atoms with Crippen LogP contribution in [0.3, 0.4) is 0 Å². The maximum atomic E-state index is 13.1. The molecule has 0 saturated carbocycles. The van der Waals surface area contributed by atoms with Crippen LogP contribution >= 0.6 is 11.6 Å².